The van der Waals surface area contributed by atoms with Crippen molar-refractivity contribution in [1.82, 2.24) is 10.3 Å². The average molecular weight is 317 g/mol. The number of pyridine rings is 1. The van der Waals surface area contributed by atoms with E-state index in [9.17, 15) is 14.9 Å². The number of nitro groups is 1. The Hall–Kier alpha value is -3.16. The van der Waals surface area contributed by atoms with Gasteiger partial charge in [-0.2, -0.15) is 0 Å². The zero-order valence-corrected chi connectivity index (χ0v) is 12.6. The molecule has 0 bridgehead atoms. The monoisotopic (exact) mass is 317 g/mol. The molecule has 0 radical (unpaired) electrons. The summed E-state index contributed by atoms with van der Waals surface area (Å²) in [7, 11) is 2.89. The number of hydrogen-bond donors (Lipinski definition) is 1. The van der Waals surface area contributed by atoms with E-state index < -0.39 is 10.8 Å². The van der Waals surface area contributed by atoms with Crippen LogP contribution in [0.1, 0.15) is 15.9 Å². The summed E-state index contributed by atoms with van der Waals surface area (Å²) in [5.74, 6) is 0.161. The van der Waals surface area contributed by atoms with Crippen LogP contribution >= 0.6 is 0 Å². The molecule has 0 aliphatic rings. The Morgan fingerprint density at radius 1 is 1.30 bits per heavy atom. The fourth-order valence-electron chi connectivity index (χ4n) is 2.00. The molecule has 0 spiro atoms. The molecular formula is C15H15N3O5. The van der Waals surface area contributed by atoms with Crippen LogP contribution in [0.3, 0.4) is 0 Å². The molecule has 8 heteroatoms. The Balaban J connectivity index is 2.22. The highest BCUT2D eigenvalue weighted by Gasteiger charge is 2.21. The maximum absolute atomic E-state index is 12.3. The van der Waals surface area contributed by atoms with Gasteiger partial charge in [-0.3, -0.25) is 14.9 Å². The quantitative estimate of drug-likeness (QED) is 0.645. The molecule has 0 saturated heterocycles. The molecule has 0 fully saturated rings. The van der Waals surface area contributed by atoms with Crippen LogP contribution in [-0.4, -0.2) is 30.0 Å². The van der Waals surface area contributed by atoms with Crippen molar-refractivity contribution in [3.05, 3.63) is 57.8 Å². The first-order valence-electron chi connectivity index (χ1n) is 6.65. The van der Waals surface area contributed by atoms with Crippen LogP contribution in [-0.2, 0) is 6.54 Å². The summed E-state index contributed by atoms with van der Waals surface area (Å²) in [5, 5.41) is 13.7. The van der Waals surface area contributed by atoms with E-state index in [2.05, 4.69) is 10.3 Å². The molecule has 1 N–H and O–H groups in total. The molecule has 2 rings (SSSR count). The van der Waals surface area contributed by atoms with E-state index in [4.69, 9.17) is 9.47 Å². The highest BCUT2D eigenvalue weighted by atomic mass is 16.6. The van der Waals surface area contributed by atoms with Crippen LogP contribution in [0.5, 0.6) is 11.6 Å². The van der Waals surface area contributed by atoms with Gasteiger partial charge in [0.2, 0.25) is 5.88 Å². The van der Waals surface area contributed by atoms with Gasteiger partial charge in [0, 0.05) is 24.4 Å². The molecule has 8 nitrogen and oxygen atoms in total. The van der Waals surface area contributed by atoms with Crippen molar-refractivity contribution in [3.63, 3.8) is 0 Å². The minimum Gasteiger partial charge on any atom is -0.497 e. The van der Waals surface area contributed by atoms with E-state index in [0.717, 1.165) is 0 Å². The minimum absolute atomic E-state index is 0.0720. The Morgan fingerprint density at radius 3 is 2.74 bits per heavy atom. The summed E-state index contributed by atoms with van der Waals surface area (Å²) in [6.07, 6.45) is 1.57. The van der Waals surface area contributed by atoms with Crippen LogP contribution in [0.4, 0.5) is 5.69 Å². The van der Waals surface area contributed by atoms with Gasteiger partial charge in [-0.05, 0) is 18.2 Å². The summed E-state index contributed by atoms with van der Waals surface area (Å²) in [6.45, 7) is 0.129. The number of rotatable bonds is 6. The van der Waals surface area contributed by atoms with E-state index in [-0.39, 0.29) is 17.8 Å². The lowest BCUT2D eigenvalue weighted by Gasteiger charge is -2.09. The van der Waals surface area contributed by atoms with Gasteiger partial charge >= 0.3 is 0 Å². The number of nitro benzene ring substituents is 1. The molecule has 1 heterocycles. The summed E-state index contributed by atoms with van der Waals surface area (Å²) in [4.78, 5) is 26.7. The lowest BCUT2D eigenvalue weighted by molar-refractivity contribution is -0.385. The van der Waals surface area contributed by atoms with Crippen LogP contribution in [0.2, 0.25) is 0 Å². The van der Waals surface area contributed by atoms with E-state index in [1.165, 1.54) is 32.4 Å². The minimum atomic E-state index is -0.612. The molecule has 0 saturated carbocycles. The van der Waals surface area contributed by atoms with Crippen LogP contribution < -0.4 is 14.8 Å². The molecular weight excluding hydrogens is 302 g/mol. The predicted octanol–water partition coefficient (Wildman–Crippen LogP) is 1.94. The molecule has 120 valence electrons. The van der Waals surface area contributed by atoms with Crippen molar-refractivity contribution in [2.24, 2.45) is 0 Å². The Bertz CT molecular complexity index is 733. The second-order valence-electron chi connectivity index (χ2n) is 4.49. The van der Waals surface area contributed by atoms with Gasteiger partial charge in [-0.1, -0.05) is 6.07 Å². The first-order valence-corrected chi connectivity index (χ1v) is 6.65. The number of hydrogen-bond acceptors (Lipinski definition) is 6. The number of carbonyl (C=O) groups excluding carboxylic acids is 1. The third-order valence-corrected chi connectivity index (χ3v) is 3.13. The molecule has 0 aliphatic carbocycles. The first kappa shape index (κ1) is 16.2. The van der Waals surface area contributed by atoms with Crippen LogP contribution in [0.15, 0.2) is 36.5 Å². The van der Waals surface area contributed by atoms with Gasteiger partial charge in [0.25, 0.3) is 11.6 Å². The number of nitrogens with zero attached hydrogens (tertiary/aromatic N) is 2. The van der Waals surface area contributed by atoms with Crippen molar-refractivity contribution < 1.29 is 19.2 Å². The van der Waals surface area contributed by atoms with Crippen LogP contribution in [0.25, 0.3) is 0 Å². The van der Waals surface area contributed by atoms with E-state index in [0.29, 0.717) is 17.2 Å². The zero-order chi connectivity index (χ0) is 16.8. The number of methoxy groups -OCH3 is 2. The van der Waals surface area contributed by atoms with Gasteiger partial charge in [0.05, 0.1) is 19.1 Å². The number of amides is 1. The lowest BCUT2D eigenvalue weighted by atomic mass is 10.1. The first-order chi connectivity index (χ1) is 11.1. The fourth-order valence-corrected chi connectivity index (χ4v) is 2.00. The van der Waals surface area contributed by atoms with E-state index in [1.54, 1.807) is 18.3 Å². The molecule has 1 aromatic heterocycles. The SMILES string of the molecule is COc1ccc([N+](=O)[O-])c(C(=O)NCc2cccnc2OC)c1. The van der Waals surface area contributed by atoms with Crippen molar-refractivity contribution in [2.45, 2.75) is 6.54 Å². The van der Waals surface area contributed by atoms with Crippen molar-refractivity contribution in [2.75, 3.05) is 14.2 Å². The van der Waals surface area contributed by atoms with Gasteiger partial charge in [0.15, 0.2) is 0 Å². The third-order valence-electron chi connectivity index (χ3n) is 3.13. The number of ether oxygens (including phenoxy) is 2. The Morgan fingerprint density at radius 2 is 2.09 bits per heavy atom. The molecule has 1 amide bonds. The number of benzene rings is 1. The zero-order valence-electron chi connectivity index (χ0n) is 12.6. The van der Waals surface area contributed by atoms with Gasteiger partial charge in [-0.15, -0.1) is 0 Å². The highest BCUT2D eigenvalue weighted by Crippen LogP contribution is 2.24. The molecule has 2 aromatic rings. The molecule has 1 aromatic carbocycles. The second-order valence-corrected chi connectivity index (χ2v) is 4.49. The van der Waals surface area contributed by atoms with Gasteiger partial charge in [0.1, 0.15) is 11.3 Å². The second kappa shape index (κ2) is 7.21. The highest BCUT2D eigenvalue weighted by molar-refractivity contribution is 5.98. The summed E-state index contributed by atoms with van der Waals surface area (Å²) in [6, 6.07) is 7.44. The summed E-state index contributed by atoms with van der Waals surface area (Å²) in [5.41, 5.74) is 0.299. The van der Waals surface area contributed by atoms with Gasteiger partial charge in [-0.25, -0.2) is 4.98 Å². The topological polar surface area (TPSA) is 104 Å². The number of carbonyl (C=O) groups is 1. The maximum Gasteiger partial charge on any atom is 0.282 e. The Kier molecular flexibility index (Phi) is 5.08. The van der Waals surface area contributed by atoms with E-state index >= 15 is 0 Å². The molecule has 0 atom stereocenters. The predicted molar refractivity (Wildman–Crippen MR) is 81.6 cm³/mol. The third kappa shape index (κ3) is 3.73. The van der Waals surface area contributed by atoms with Gasteiger partial charge < -0.3 is 14.8 Å². The maximum atomic E-state index is 12.3. The Labute approximate surface area is 132 Å². The van der Waals surface area contributed by atoms with E-state index in [1.807, 2.05) is 0 Å². The molecule has 0 aliphatic heterocycles. The largest absolute Gasteiger partial charge is 0.497 e. The number of aromatic nitrogens is 1. The lowest BCUT2D eigenvalue weighted by Crippen LogP contribution is -2.24. The molecule has 0 unspecified atom stereocenters. The summed E-state index contributed by atoms with van der Waals surface area (Å²) < 4.78 is 10.1. The van der Waals surface area contributed by atoms with Crippen LogP contribution in [0, 0.1) is 10.1 Å². The summed E-state index contributed by atoms with van der Waals surface area (Å²) >= 11 is 0. The smallest absolute Gasteiger partial charge is 0.282 e. The fraction of sp³-hybridized carbons (Fsp3) is 0.200. The van der Waals surface area contributed by atoms with Crippen molar-refractivity contribution >= 4 is 11.6 Å². The van der Waals surface area contributed by atoms with Crippen molar-refractivity contribution in [3.8, 4) is 11.6 Å². The van der Waals surface area contributed by atoms with Crippen molar-refractivity contribution in [1.29, 1.82) is 0 Å². The number of nitrogens with one attached hydrogen (secondary N) is 1. The average Bonchev–Trinajstić information content (AvgIpc) is 2.59. The normalized spacial score (nSPS) is 10.0. The molecule has 23 heavy (non-hydrogen) atoms. The standard InChI is InChI=1S/C15H15N3O5/c1-22-11-5-6-13(18(20)21)12(8-11)14(19)17-9-10-4-3-7-16-15(10)23-2/h3-8H,9H2,1-2H3,(H,17,19).